The van der Waals surface area contributed by atoms with Crippen molar-refractivity contribution >= 4 is 0 Å². The van der Waals surface area contributed by atoms with Crippen LogP contribution >= 0.6 is 0 Å². The first-order chi connectivity index (χ1) is 8.90. The molecule has 2 nitrogen and oxygen atoms in total. The zero-order valence-corrected chi connectivity index (χ0v) is 11.2. The standard InChI is InChI=1S/C16H22N2/c1-17-14-16-11-5-6-12-18(16)13-7-10-15-8-3-2-4-9-15/h2-4,8-9,16-17H,5-6,11-14H2,1H3. The van der Waals surface area contributed by atoms with Gasteiger partial charge in [0.2, 0.25) is 0 Å². The SMILES string of the molecule is CNCC1CCCCN1CC#Cc1ccccc1. The monoisotopic (exact) mass is 242 g/mol. The van der Waals surface area contributed by atoms with E-state index in [0.29, 0.717) is 6.04 Å². The van der Waals surface area contributed by atoms with Gasteiger partial charge in [0.25, 0.3) is 0 Å². The molecule has 0 saturated carbocycles. The normalized spacial score (nSPS) is 20.2. The molecule has 1 N–H and O–H groups in total. The summed E-state index contributed by atoms with van der Waals surface area (Å²) in [5.41, 5.74) is 1.11. The van der Waals surface area contributed by atoms with E-state index in [4.69, 9.17) is 0 Å². The lowest BCUT2D eigenvalue weighted by molar-refractivity contribution is 0.166. The van der Waals surface area contributed by atoms with Gasteiger partial charge >= 0.3 is 0 Å². The first-order valence-electron chi connectivity index (χ1n) is 6.82. The van der Waals surface area contributed by atoms with Crippen LogP contribution in [0.3, 0.4) is 0 Å². The topological polar surface area (TPSA) is 15.3 Å². The zero-order valence-electron chi connectivity index (χ0n) is 11.2. The van der Waals surface area contributed by atoms with Crippen LogP contribution in [0.25, 0.3) is 0 Å². The maximum absolute atomic E-state index is 3.31. The summed E-state index contributed by atoms with van der Waals surface area (Å²) < 4.78 is 0. The molecule has 1 aliphatic heterocycles. The third-order valence-corrected chi connectivity index (χ3v) is 3.48. The van der Waals surface area contributed by atoms with Crippen molar-refractivity contribution in [3.63, 3.8) is 0 Å². The number of nitrogens with zero attached hydrogens (tertiary/aromatic N) is 1. The van der Waals surface area contributed by atoms with Crippen LogP contribution < -0.4 is 5.32 Å². The molecule has 0 aromatic heterocycles. The van der Waals surface area contributed by atoms with Gasteiger partial charge in [-0.25, -0.2) is 0 Å². The second-order valence-corrected chi connectivity index (χ2v) is 4.85. The van der Waals surface area contributed by atoms with Gasteiger partial charge in [-0.2, -0.15) is 0 Å². The van der Waals surface area contributed by atoms with E-state index in [-0.39, 0.29) is 0 Å². The molecule has 1 aromatic carbocycles. The van der Waals surface area contributed by atoms with Gasteiger partial charge in [0.05, 0.1) is 6.54 Å². The number of likely N-dealkylation sites (tertiary alicyclic amines) is 1. The van der Waals surface area contributed by atoms with E-state index in [2.05, 4.69) is 34.2 Å². The van der Waals surface area contributed by atoms with Crippen molar-refractivity contribution in [3.8, 4) is 11.8 Å². The van der Waals surface area contributed by atoms with Gasteiger partial charge in [0.1, 0.15) is 0 Å². The van der Waals surface area contributed by atoms with Crippen LogP contribution in [0.4, 0.5) is 0 Å². The molecule has 1 fully saturated rings. The second-order valence-electron chi connectivity index (χ2n) is 4.85. The minimum Gasteiger partial charge on any atom is -0.318 e. The number of hydrogen-bond acceptors (Lipinski definition) is 2. The van der Waals surface area contributed by atoms with Crippen molar-refractivity contribution < 1.29 is 0 Å². The van der Waals surface area contributed by atoms with Crippen LogP contribution in [0.15, 0.2) is 30.3 Å². The fourth-order valence-electron chi connectivity index (χ4n) is 2.50. The van der Waals surface area contributed by atoms with E-state index < -0.39 is 0 Å². The molecule has 1 aliphatic rings. The summed E-state index contributed by atoms with van der Waals surface area (Å²) in [5, 5.41) is 3.29. The molecule has 0 radical (unpaired) electrons. The predicted octanol–water partition coefficient (Wildman–Crippen LogP) is 2.11. The van der Waals surface area contributed by atoms with Crippen molar-refractivity contribution in [2.75, 3.05) is 26.7 Å². The summed E-state index contributed by atoms with van der Waals surface area (Å²) in [6.45, 7) is 3.16. The minimum absolute atomic E-state index is 0.661. The van der Waals surface area contributed by atoms with Gasteiger partial charge < -0.3 is 5.32 Å². The average Bonchev–Trinajstić information content (AvgIpc) is 2.42. The molecule has 2 heteroatoms. The van der Waals surface area contributed by atoms with Gasteiger partial charge in [-0.3, -0.25) is 4.90 Å². The summed E-state index contributed by atoms with van der Waals surface area (Å²) in [6, 6.07) is 10.9. The molecule has 1 heterocycles. The number of nitrogens with one attached hydrogen (secondary N) is 1. The van der Waals surface area contributed by atoms with Crippen molar-refractivity contribution in [3.05, 3.63) is 35.9 Å². The Bertz CT molecular complexity index is 400. The van der Waals surface area contributed by atoms with Crippen LogP contribution in [-0.2, 0) is 0 Å². The Kier molecular flexibility index (Phi) is 5.26. The lowest BCUT2D eigenvalue weighted by Gasteiger charge is -2.34. The molecule has 1 aromatic rings. The van der Waals surface area contributed by atoms with E-state index in [1.54, 1.807) is 0 Å². The Morgan fingerprint density at radius 3 is 2.89 bits per heavy atom. The molecule has 0 amide bonds. The molecule has 1 saturated heterocycles. The lowest BCUT2D eigenvalue weighted by Crippen LogP contribution is -2.44. The average molecular weight is 242 g/mol. The number of hydrogen-bond donors (Lipinski definition) is 1. The Balaban J connectivity index is 1.90. The van der Waals surface area contributed by atoms with Crippen LogP contribution in [0.2, 0.25) is 0 Å². The number of rotatable bonds is 3. The van der Waals surface area contributed by atoms with Crippen LogP contribution in [0.1, 0.15) is 24.8 Å². The van der Waals surface area contributed by atoms with Gasteiger partial charge in [-0.05, 0) is 38.6 Å². The van der Waals surface area contributed by atoms with Crippen molar-refractivity contribution in [2.45, 2.75) is 25.3 Å². The van der Waals surface area contributed by atoms with Gasteiger partial charge in [-0.15, -0.1) is 0 Å². The van der Waals surface area contributed by atoms with Crippen molar-refractivity contribution in [2.24, 2.45) is 0 Å². The summed E-state index contributed by atoms with van der Waals surface area (Å²) in [7, 11) is 2.03. The van der Waals surface area contributed by atoms with Gasteiger partial charge in [0, 0.05) is 18.2 Å². The highest BCUT2D eigenvalue weighted by Gasteiger charge is 2.20. The quantitative estimate of drug-likeness (QED) is 0.817. The Morgan fingerprint density at radius 2 is 2.11 bits per heavy atom. The highest BCUT2D eigenvalue weighted by atomic mass is 15.2. The summed E-state index contributed by atoms with van der Waals surface area (Å²) in [6.07, 6.45) is 3.97. The fraction of sp³-hybridized carbons (Fsp3) is 0.500. The molecule has 96 valence electrons. The molecule has 1 unspecified atom stereocenters. The molecule has 0 aliphatic carbocycles. The lowest BCUT2D eigenvalue weighted by atomic mass is 10.0. The summed E-state index contributed by atoms with van der Waals surface area (Å²) >= 11 is 0. The molecule has 0 bridgehead atoms. The summed E-state index contributed by atoms with van der Waals surface area (Å²) in [5.74, 6) is 6.55. The molecule has 1 atom stereocenters. The minimum atomic E-state index is 0.661. The Morgan fingerprint density at radius 1 is 1.28 bits per heavy atom. The second kappa shape index (κ2) is 7.20. The predicted molar refractivity (Wildman–Crippen MR) is 76.5 cm³/mol. The van der Waals surface area contributed by atoms with Crippen molar-refractivity contribution in [1.29, 1.82) is 0 Å². The van der Waals surface area contributed by atoms with E-state index in [1.807, 2.05) is 25.2 Å². The van der Waals surface area contributed by atoms with Gasteiger partial charge in [-0.1, -0.05) is 36.5 Å². The third kappa shape index (κ3) is 3.87. The van der Waals surface area contributed by atoms with E-state index in [9.17, 15) is 0 Å². The first-order valence-corrected chi connectivity index (χ1v) is 6.82. The highest BCUT2D eigenvalue weighted by molar-refractivity contribution is 5.33. The number of piperidine rings is 1. The third-order valence-electron chi connectivity index (χ3n) is 3.48. The molecule has 2 rings (SSSR count). The number of likely N-dealkylation sites (N-methyl/N-ethyl adjacent to an activating group) is 1. The molecular formula is C16H22N2. The Hall–Kier alpha value is -1.30. The largest absolute Gasteiger partial charge is 0.318 e. The fourth-order valence-corrected chi connectivity index (χ4v) is 2.50. The summed E-state index contributed by atoms with van der Waals surface area (Å²) in [4.78, 5) is 2.51. The Labute approximate surface area is 110 Å². The first kappa shape index (κ1) is 13.1. The number of benzene rings is 1. The highest BCUT2D eigenvalue weighted by Crippen LogP contribution is 2.15. The molecule has 0 spiro atoms. The van der Waals surface area contributed by atoms with Crippen LogP contribution in [-0.4, -0.2) is 37.6 Å². The van der Waals surface area contributed by atoms with Crippen molar-refractivity contribution in [1.82, 2.24) is 10.2 Å². The van der Waals surface area contributed by atoms with Gasteiger partial charge in [0.15, 0.2) is 0 Å². The van der Waals surface area contributed by atoms with Crippen LogP contribution in [0, 0.1) is 11.8 Å². The molecular weight excluding hydrogens is 220 g/mol. The van der Waals surface area contributed by atoms with E-state index in [0.717, 1.165) is 18.7 Å². The van der Waals surface area contributed by atoms with E-state index >= 15 is 0 Å². The zero-order chi connectivity index (χ0) is 12.6. The maximum Gasteiger partial charge on any atom is 0.0608 e. The maximum atomic E-state index is 3.31. The smallest absolute Gasteiger partial charge is 0.0608 e. The van der Waals surface area contributed by atoms with Crippen LogP contribution in [0.5, 0.6) is 0 Å². The van der Waals surface area contributed by atoms with E-state index in [1.165, 1.54) is 25.8 Å². The molecule has 18 heavy (non-hydrogen) atoms.